The number of hydrogen-bond donors (Lipinski definition) is 4. The van der Waals surface area contributed by atoms with Crippen molar-refractivity contribution in [1.29, 1.82) is 0 Å². The van der Waals surface area contributed by atoms with E-state index in [9.17, 15) is 18.0 Å². The molecule has 0 radical (unpaired) electrons. The third kappa shape index (κ3) is 4.17. The summed E-state index contributed by atoms with van der Waals surface area (Å²) in [6.45, 7) is 0.778. The van der Waals surface area contributed by atoms with Gasteiger partial charge in [0.05, 0.1) is 15.8 Å². The second kappa shape index (κ2) is 7.54. The fraction of sp³-hybridized carbons (Fsp3) is 0.333. The van der Waals surface area contributed by atoms with E-state index in [0.717, 1.165) is 6.42 Å². The minimum atomic E-state index is -3.69. The van der Waals surface area contributed by atoms with E-state index in [0.29, 0.717) is 13.0 Å². The van der Waals surface area contributed by atoms with Gasteiger partial charge in [-0.2, -0.15) is 0 Å². The van der Waals surface area contributed by atoms with Crippen LogP contribution in [0.3, 0.4) is 0 Å². The average Bonchev–Trinajstić information content (AvgIpc) is 2.43. The van der Waals surface area contributed by atoms with E-state index in [1.54, 1.807) is 0 Å². The first-order valence-electron chi connectivity index (χ1n) is 6.40. The number of aromatic amines is 2. The van der Waals surface area contributed by atoms with Gasteiger partial charge in [-0.25, -0.2) is 17.9 Å². The van der Waals surface area contributed by atoms with E-state index in [2.05, 4.69) is 14.7 Å². The van der Waals surface area contributed by atoms with Crippen LogP contribution in [0.25, 0.3) is 10.9 Å². The Morgan fingerprint density at radius 2 is 1.86 bits per heavy atom. The van der Waals surface area contributed by atoms with Crippen molar-refractivity contribution in [3.8, 4) is 0 Å². The first kappa shape index (κ1) is 18.4. The van der Waals surface area contributed by atoms with Crippen LogP contribution in [0.4, 0.5) is 0 Å². The molecule has 2 aromatic rings. The van der Waals surface area contributed by atoms with Crippen LogP contribution in [0, 0.1) is 0 Å². The van der Waals surface area contributed by atoms with Crippen LogP contribution in [0.15, 0.2) is 32.7 Å². The molecule has 0 atom stereocenters. The van der Waals surface area contributed by atoms with Crippen LogP contribution in [0.2, 0.25) is 0 Å². The van der Waals surface area contributed by atoms with Gasteiger partial charge in [0.1, 0.15) is 0 Å². The molecular formula is C12H17ClN4O4S. The number of aromatic nitrogens is 2. The molecule has 0 saturated heterocycles. The summed E-state index contributed by atoms with van der Waals surface area (Å²) in [5, 5.41) is 0.111. The van der Waals surface area contributed by atoms with Crippen molar-refractivity contribution in [3.63, 3.8) is 0 Å². The minimum Gasteiger partial charge on any atom is -0.330 e. The topological polar surface area (TPSA) is 138 Å². The van der Waals surface area contributed by atoms with Crippen molar-refractivity contribution in [3.05, 3.63) is 39.0 Å². The summed E-state index contributed by atoms with van der Waals surface area (Å²) in [5.41, 5.74) is 4.35. The number of rotatable bonds is 6. The summed E-state index contributed by atoms with van der Waals surface area (Å²) in [4.78, 5) is 27.3. The normalized spacial score (nSPS) is 11.3. The van der Waals surface area contributed by atoms with E-state index in [4.69, 9.17) is 5.73 Å². The molecule has 22 heavy (non-hydrogen) atoms. The predicted molar refractivity (Wildman–Crippen MR) is 85.9 cm³/mol. The molecule has 0 fully saturated rings. The van der Waals surface area contributed by atoms with Crippen LogP contribution in [-0.4, -0.2) is 31.5 Å². The molecule has 2 rings (SSSR count). The van der Waals surface area contributed by atoms with Gasteiger partial charge in [0, 0.05) is 6.54 Å². The third-order valence-electron chi connectivity index (χ3n) is 2.94. The van der Waals surface area contributed by atoms with Crippen molar-refractivity contribution in [1.82, 2.24) is 14.7 Å². The molecule has 1 aromatic heterocycles. The Kier molecular flexibility index (Phi) is 6.30. The predicted octanol–water partition coefficient (Wildman–Crippen LogP) is -0.345. The molecule has 10 heteroatoms. The zero-order valence-electron chi connectivity index (χ0n) is 11.6. The van der Waals surface area contributed by atoms with E-state index in [1.165, 1.54) is 18.2 Å². The first-order chi connectivity index (χ1) is 9.94. The number of fused-ring (bicyclic) bond motifs is 1. The summed E-state index contributed by atoms with van der Waals surface area (Å²) in [6.07, 6.45) is 1.36. The Bertz CT molecular complexity index is 859. The van der Waals surface area contributed by atoms with Gasteiger partial charge in [-0.05, 0) is 37.6 Å². The smallest absolute Gasteiger partial charge is 0.326 e. The molecule has 0 amide bonds. The molecule has 8 nitrogen and oxygen atoms in total. The van der Waals surface area contributed by atoms with E-state index in [-0.39, 0.29) is 34.8 Å². The quantitative estimate of drug-likeness (QED) is 0.529. The van der Waals surface area contributed by atoms with Gasteiger partial charge in [0.25, 0.3) is 5.56 Å². The molecule has 0 saturated carbocycles. The van der Waals surface area contributed by atoms with Gasteiger partial charge in [-0.1, -0.05) is 0 Å². The highest BCUT2D eigenvalue weighted by Crippen LogP contribution is 2.13. The highest BCUT2D eigenvalue weighted by atomic mass is 35.5. The van der Waals surface area contributed by atoms with Crippen LogP contribution >= 0.6 is 12.4 Å². The number of hydrogen-bond acceptors (Lipinski definition) is 5. The number of benzene rings is 1. The van der Waals surface area contributed by atoms with Gasteiger partial charge in [0.2, 0.25) is 10.0 Å². The average molecular weight is 349 g/mol. The first-order valence-corrected chi connectivity index (χ1v) is 7.88. The lowest BCUT2D eigenvalue weighted by Gasteiger charge is -2.07. The largest absolute Gasteiger partial charge is 0.330 e. The maximum Gasteiger partial charge on any atom is 0.326 e. The standard InChI is InChI=1S/C12H16N4O4S.ClH/c13-5-1-2-6-14-21(19,20)8-3-4-10-9(7-8)11(17)16-12(18)15-10;/h3-4,7,14H,1-2,5-6,13H2,(H2,15,16,17,18);1H. The SMILES string of the molecule is Cl.NCCCCNS(=O)(=O)c1ccc2[nH]c(=O)[nH]c(=O)c2c1. The zero-order chi connectivity index (χ0) is 15.5. The molecule has 0 bridgehead atoms. The zero-order valence-corrected chi connectivity index (χ0v) is 13.2. The number of H-pyrrole nitrogens is 2. The van der Waals surface area contributed by atoms with E-state index >= 15 is 0 Å². The molecule has 0 aliphatic carbocycles. The Morgan fingerprint density at radius 1 is 1.14 bits per heavy atom. The molecule has 0 aliphatic rings. The van der Waals surface area contributed by atoms with Gasteiger partial charge >= 0.3 is 5.69 Å². The van der Waals surface area contributed by atoms with Crippen LogP contribution < -0.4 is 21.7 Å². The second-order valence-electron chi connectivity index (χ2n) is 4.51. The van der Waals surface area contributed by atoms with Crippen molar-refractivity contribution in [2.24, 2.45) is 5.73 Å². The molecule has 0 spiro atoms. The second-order valence-corrected chi connectivity index (χ2v) is 6.28. The molecule has 1 aromatic carbocycles. The van der Waals surface area contributed by atoms with Crippen LogP contribution in [0.1, 0.15) is 12.8 Å². The van der Waals surface area contributed by atoms with Crippen molar-refractivity contribution in [2.75, 3.05) is 13.1 Å². The van der Waals surface area contributed by atoms with E-state index < -0.39 is 21.3 Å². The summed E-state index contributed by atoms with van der Waals surface area (Å²) in [5.74, 6) is 0. The van der Waals surface area contributed by atoms with Gasteiger partial charge < -0.3 is 10.7 Å². The molecule has 1 heterocycles. The van der Waals surface area contributed by atoms with Crippen LogP contribution in [-0.2, 0) is 10.0 Å². The number of sulfonamides is 1. The highest BCUT2D eigenvalue weighted by molar-refractivity contribution is 7.89. The Balaban J connectivity index is 0.00000242. The number of nitrogens with two attached hydrogens (primary N) is 1. The maximum atomic E-state index is 12.1. The lowest BCUT2D eigenvalue weighted by atomic mass is 10.2. The van der Waals surface area contributed by atoms with Gasteiger partial charge in [0.15, 0.2) is 0 Å². The fourth-order valence-corrected chi connectivity index (χ4v) is 2.97. The summed E-state index contributed by atoms with van der Waals surface area (Å²) < 4.78 is 26.6. The maximum absolute atomic E-state index is 12.1. The Labute approximate surface area is 132 Å². The number of unbranched alkanes of at least 4 members (excludes halogenated alkanes) is 1. The molecule has 0 unspecified atom stereocenters. The van der Waals surface area contributed by atoms with Gasteiger partial charge in [-0.15, -0.1) is 12.4 Å². The summed E-state index contributed by atoms with van der Waals surface area (Å²) in [7, 11) is -3.69. The number of halogens is 1. The van der Waals surface area contributed by atoms with Crippen molar-refractivity contribution >= 4 is 33.3 Å². The molecule has 5 N–H and O–H groups in total. The van der Waals surface area contributed by atoms with Crippen LogP contribution in [0.5, 0.6) is 0 Å². The summed E-state index contributed by atoms with van der Waals surface area (Å²) >= 11 is 0. The van der Waals surface area contributed by atoms with Crippen molar-refractivity contribution in [2.45, 2.75) is 17.7 Å². The lowest BCUT2D eigenvalue weighted by Crippen LogP contribution is -2.26. The third-order valence-corrected chi connectivity index (χ3v) is 4.40. The number of nitrogens with one attached hydrogen (secondary N) is 3. The fourth-order valence-electron chi connectivity index (χ4n) is 1.87. The molecular weight excluding hydrogens is 332 g/mol. The monoisotopic (exact) mass is 348 g/mol. The molecule has 122 valence electrons. The Morgan fingerprint density at radius 3 is 2.55 bits per heavy atom. The van der Waals surface area contributed by atoms with Crippen molar-refractivity contribution < 1.29 is 8.42 Å². The summed E-state index contributed by atoms with van der Waals surface area (Å²) in [6, 6.07) is 3.96. The Hall–Kier alpha value is -1.68. The van der Waals surface area contributed by atoms with Gasteiger partial charge in [-0.3, -0.25) is 9.78 Å². The highest BCUT2D eigenvalue weighted by Gasteiger charge is 2.14. The van der Waals surface area contributed by atoms with E-state index in [1.807, 2.05) is 0 Å². The minimum absolute atomic E-state index is 0. The lowest BCUT2D eigenvalue weighted by molar-refractivity contribution is 0.577. The molecule has 0 aliphatic heterocycles.